The number of thiophene rings is 1. The molecule has 3 heterocycles. The summed E-state index contributed by atoms with van der Waals surface area (Å²) in [5.74, 6) is 0.276. The van der Waals surface area contributed by atoms with Crippen LogP contribution in [0.1, 0.15) is 61.9 Å². The number of fused-ring (bicyclic) bond motifs is 1. The minimum absolute atomic E-state index is 0.00556. The van der Waals surface area contributed by atoms with Crippen LogP contribution >= 0.6 is 23.1 Å². The van der Waals surface area contributed by atoms with Crippen LogP contribution in [0.2, 0.25) is 0 Å². The van der Waals surface area contributed by atoms with Crippen LogP contribution in [0, 0.1) is 13.8 Å². The smallest absolute Gasteiger partial charge is 0.263 e. The zero-order valence-electron chi connectivity index (χ0n) is 18.9. The summed E-state index contributed by atoms with van der Waals surface area (Å²) in [4.78, 5) is 35.0. The van der Waals surface area contributed by atoms with Crippen molar-refractivity contribution in [1.82, 2.24) is 14.5 Å². The van der Waals surface area contributed by atoms with E-state index in [0.29, 0.717) is 23.5 Å². The van der Waals surface area contributed by atoms with E-state index in [9.17, 15) is 18.0 Å². The van der Waals surface area contributed by atoms with Gasteiger partial charge in [0.25, 0.3) is 5.56 Å². The number of carbonyl (C=O) groups excluding carboxylic acids is 1. The highest BCUT2D eigenvalue weighted by molar-refractivity contribution is 7.99. The summed E-state index contributed by atoms with van der Waals surface area (Å²) < 4.78 is 25.7. The Balaban J connectivity index is 1.62. The van der Waals surface area contributed by atoms with Crippen molar-refractivity contribution in [1.29, 1.82) is 0 Å². The van der Waals surface area contributed by atoms with E-state index in [4.69, 9.17) is 4.98 Å². The summed E-state index contributed by atoms with van der Waals surface area (Å²) in [6.07, 6.45) is 5.39. The molecule has 1 amide bonds. The van der Waals surface area contributed by atoms with Crippen molar-refractivity contribution in [3.8, 4) is 0 Å². The van der Waals surface area contributed by atoms with Gasteiger partial charge in [0.1, 0.15) is 4.83 Å². The van der Waals surface area contributed by atoms with Gasteiger partial charge in [-0.3, -0.25) is 14.2 Å². The molecule has 0 bridgehead atoms. The summed E-state index contributed by atoms with van der Waals surface area (Å²) in [7, 11) is -3.07. The topological polar surface area (TPSA) is 89.3 Å². The Bertz CT molecular complexity index is 1180. The lowest BCUT2D eigenvalue weighted by molar-refractivity contribution is -0.130. The number of amides is 1. The van der Waals surface area contributed by atoms with Crippen LogP contribution in [0.25, 0.3) is 10.2 Å². The normalized spacial score (nSPS) is 20.9. The Morgan fingerprint density at radius 2 is 1.97 bits per heavy atom. The highest BCUT2D eigenvalue weighted by Gasteiger charge is 2.34. The van der Waals surface area contributed by atoms with Gasteiger partial charge >= 0.3 is 0 Å². The second-order valence-corrected chi connectivity index (χ2v) is 13.3. The number of aryl methyl sites for hydroxylation is 2. The van der Waals surface area contributed by atoms with Crippen molar-refractivity contribution in [3.63, 3.8) is 0 Å². The fraction of sp³-hybridized carbons (Fsp3) is 0.682. The number of rotatable bonds is 7. The average molecular weight is 498 g/mol. The first-order chi connectivity index (χ1) is 15.2. The van der Waals surface area contributed by atoms with E-state index >= 15 is 0 Å². The number of sulfone groups is 1. The number of hydrogen-bond donors (Lipinski definition) is 0. The molecule has 32 heavy (non-hydrogen) atoms. The number of aromatic nitrogens is 2. The molecule has 2 aromatic heterocycles. The number of nitrogens with zero attached hydrogens (tertiary/aromatic N) is 3. The van der Waals surface area contributed by atoms with Crippen LogP contribution in [0.5, 0.6) is 0 Å². The molecular formula is C22H31N3O4S3. The largest absolute Gasteiger partial charge is 0.338 e. The summed E-state index contributed by atoms with van der Waals surface area (Å²) >= 11 is 2.84. The highest BCUT2D eigenvalue weighted by atomic mass is 32.2. The van der Waals surface area contributed by atoms with E-state index in [1.54, 1.807) is 4.90 Å². The number of hydrogen-bond acceptors (Lipinski definition) is 7. The van der Waals surface area contributed by atoms with Crippen LogP contribution in [0.3, 0.4) is 0 Å². The summed E-state index contributed by atoms with van der Waals surface area (Å²) in [6.45, 7) is 6.52. The molecule has 0 spiro atoms. The van der Waals surface area contributed by atoms with E-state index in [1.807, 2.05) is 25.3 Å². The molecule has 1 aliphatic carbocycles. The van der Waals surface area contributed by atoms with E-state index in [1.165, 1.54) is 23.1 Å². The zero-order valence-corrected chi connectivity index (χ0v) is 21.4. The van der Waals surface area contributed by atoms with Gasteiger partial charge in [0.2, 0.25) is 5.91 Å². The third kappa shape index (κ3) is 4.63. The molecule has 2 fully saturated rings. The lowest BCUT2D eigenvalue weighted by atomic mass is 10.2. The SMILES string of the molecule is CCCN(C(=O)CSc1nc2sc(C)c(C)c2c(=O)n1C1CCCC1)C1CCS(=O)(=O)C1. The standard InChI is InChI=1S/C22H31N3O4S3/c1-4-10-24(17-9-11-32(28,29)13-17)18(26)12-30-22-23-20-19(14(2)15(3)31-20)21(27)25(22)16-7-5-6-8-16/h16-17H,4-13H2,1-3H3. The average Bonchev–Trinajstić information content (AvgIpc) is 3.45. The maximum atomic E-state index is 13.5. The van der Waals surface area contributed by atoms with Crippen molar-refractivity contribution >= 4 is 49.1 Å². The monoisotopic (exact) mass is 497 g/mol. The fourth-order valence-corrected chi connectivity index (χ4v) is 8.61. The van der Waals surface area contributed by atoms with Crippen LogP contribution in [-0.2, 0) is 14.6 Å². The van der Waals surface area contributed by atoms with Crippen molar-refractivity contribution in [2.75, 3.05) is 23.8 Å². The second-order valence-electron chi connectivity index (χ2n) is 8.90. The van der Waals surface area contributed by atoms with E-state index < -0.39 is 9.84 Å². The van der Waals surface area contributed by atoms with Crippen LogP contribution < -0.4 is 5.56 Å². The molecular weight excluding hydrogens is 466 g/mol. The predicted molar refractivity (Wildman–Crippen MR) is 131 cm³/mol. The van der Waals surface area contributed by atoms with Crippen LogP contribution in [0.4, 0.5) is 0 Å². The first-order valence-corrected chi connectivity index (χ1v) is 15.0. The van der Waals surface area contributed by atoms with Crippen molar-refractivity contribution in [2.24, 2.45) is 0 Å². The van der Waals surface area contributed by atoms with E-state index in [-0.39, 0.29) is 40.8 Å². The van der Waals surface area contributed by atoms with Gasteiger partial charge in [-0.2, -0.15) is 0 Å². The molecule has 0 aromatic carbocycles. The summed E-state index contributed by atoms with van der Waals surface area (Å²) in [5.41, 5.74) is 1.00. The van der Waals surface area contributed by atoms with Gasteiger partial charge < -0.3 is 4.90 Å². The van der Waals surface area contributed by atoms with Gasteiger partial charge in [-0.25, -0.2) is 13.4 Å². The zero-order chi connectivity index (χ0) is 23.0. The van der Waals surface area contributed by atoms with Gasteiger partial charge in [0.15, 0.2) is 15.0 Å². The van der Waals surface area contributed by atoms with Gasteiger partial charge in [-0.05, 0) is 45.1 Å². The Labute approximate surface area is 197 Å². The second kappa shape index (κ2) is 9.46. The molecule has 2 aromatic rings. The molecule has 1 saturated carbocycles. The molecule has 1 unspecified atom stereocenters. The maximum absolute atomic E-state index is 13.5. The summed E-state index contributed by atoms with van der Waals surface area (Å²) in [6, 6.07) is -0.119. The Kier molecular flexibility index (Phi) is 7.03. The lowest BCUT2D eigenvalue weighted by Gasteiger charge is -2.28. The maximum Gasteiger partial charge on any atom is 0.263 e. The first kappa shape index (κ1) is 23.8. The Morgan fingerprint density at radius 1 is 1.25 bits per heavy atom. The summed E-state index contributed by atoms with van der Waals surface area (Å²) in [5, 5.41) is 1.32. The van der Waals surface area contributed by atoms with Gasteiger partial charge in [0, 0.05) is 23.5 Å². The van der Waals surface area contributed by atoms with Crippen LogP contribution in [-0.4, -0.2) is 58.6 Å². The Hall–Kier alpha value is -1.39. The van der Waals surface area contributed by atoms with Crippen molar-refractivity contribution in [2.45, 2.75) is 76.5 Å². The van der Waals surface area contributed by atoms with Crippen LogP contribution in [0.15, 0.2) is 9.95 Å². The third-order valence-electron chi connectivity index (χ3n) is 6.65. The van der Waals surface area contributed by atoms with E-state index in [2.05, 4.69) is 0 Å². The minimum Gasteiger partial charge on any atom is -0.338 e. The molecule has 10 heteroatoms. The molecule has 1 aliphatic heterocycles. The molecule has 0 N–H and O–H groups in total. The minimum atomic E-state index is -3.07. The van der Waals surface area contributed by atoms with E-state index in [0.717, 1.165) is 47.4 Å². The highest BCUT2D eigenvalue weighted by Crippen LogP contribution is 2.34. The molecule has 176 valence electrons. The third-order valence-corrected chi connectivity index (χ3v) is 10.4. The lowest BCUT2D eigenvalue weighted by Crippen LogP contribution is -2.42. The Morgan fingerprint density at radius 3 is 2.59 bits per heavy atom. The molecule has 0 radical (unpaired) electrons. The number of carbonyl (C=O) groups is 1. The fourth-order valence-electron chi connectivity index (χ4n) is 4.86. The quantitative estimate of drug-likeness (QED) is 0.428. The molecule has 1 atom stereocenters. The predicted octanol–water partition coefficient (Wildman–Crippen LogP) is 3.71. The molecule has 4 rings (SSSR count). The van der Waals surface area contributed by atoms with Crippen molar-refractivity contribution < 1.29 is 13.2 Å². The first-order valence-electron chi connectivity index (χ1n) is 11.4. The molecule has 1 saturated heterocycles. The number of thioether (sulfide) groups is 1. The van der Waals surface area contributed by atoms with Gasteiger partial charge in [0.05, 0.1) is 22.6 Å². The molecule has 2 aliphatic rings. The van der Waals surface area contributed by atoms with Crippen molar-refractivity contribution in [3.05, 3.63) is 20.8 Å². The van der Waals surface area contributed by atoms with Gasteiger partial charge in [-0.1, -0.05) is 31.5 Å². The van der Waals surface area contributed by atoms with Gasteiger partial charge in [-0.15, -0.1) is 11.3 Å². The molecule has 7 nitrogen and oxygen atoms in total.